The van der Waals surface area contributed by atoms with Gasteiger partial charge in [0.1, 0.15) is 11.3 Å². The Hall–Kier alpha value is -3.22. The Kier molecular flexibility index (Phi) is 5.06. The summed E-state index contributed by atoms with van der Waals surface area (Å²) < 4.78 is 2.13. The maximum absolute atomic E-state index is 12.8. The number of rotatable bonds is 4. The van der Waals surface area contributed by atoms with E-state index in [1.807, 2.05) is 25.1 Å². The minimum atomic E-state index is -0.313. The lowest BCUT2D eigenvalue weighted by molar-refractivity contribution is -0.115. The molecule has 2 amide bonds. The SMILES string of the molecule is Cc1cc(C(=O)NCC(=O)Nc2ccccc2)c2nc3n(c2n1)CCCCC3. The molecule has 0 radical (unpaired) electrons. The number of para-hydroxylation sites is 1. The number of pyridine rings is 1. The number of amides is 2. The standard InChI is InChI=1S/C21H23N5O2/c1-14-12-16(19-20(23-14)26-11-7-3-6-10-17(26)25-19)21(28)22-13-18(27)24-15-8-4-2-5-9-15/h2,4-5,8-9,12H,3,6-7,10-11,13H2,1H3,(H,22,28)(H,24,27). The van der Waals surface area contributed by atoms with Crippen LogP contribution in [0.5, 0.6) is 0 Å². The van der Waals surface area contributed by atoms with E-state index in [0.29, 0.717) is 16.8 Å². The number of aryl methyl sites for hydroxylation is 3. The number of carbonyl (C=O) groups excluding carboxylic acids is 2. The van der Waals surface area contributed by atoms with Gasteiger partial charge in [-0.15, -0.1) is 0 Å². The van der Waals surface area contributed by atoms with Gasteiger partial charge >= 0.3 is 0 Å². The van der Waals surface area contributed by atoms with Gasteiger partial charge in [0.15, 0.2) is 5.65 Å². The van der Waals surface area contributed by atoms with Gasteiger partial charge < -0.3 is 15.2 Å². The first-order valence-electron chi connectivity index (χ1n) is 9.61. The maximum atomic E-state index is 12.8. The minimum absolute atomic E-state index is 0.107. The van der Waals surface area contributed by atoms with Crippen molar-refractivity contribution in [2.45, 2.75) is 39.2 Å². The quantitative estimate of drug-likeness (QED) is 0.732. The fourth-order valence-corrected chi connectivity index (χ4v) is 3.57. The molecule has 0 atom stereocenters. The lowest BCUT2D eigenvalue weighted by Crippen LogP contribution is -2.33. The summed E-state index contributed by atoms with van der Waals surface area (Å²) in [6.45, 7) is 2.64. The molecule has 0 unspecified atom stereocenters. The van der Waals surface area contributed by atoms with Crippen LogP contribution < -0.4 is 10.6 Å². The molecule has 0 saturated carbocycles. The summed E-state index contributed by atoms with van der Waals surface area (Å²) in [5, 5.41) is 5.46. The molecule has 0 fully saturated rings. The molecule has 1 aromatic carbocycles. The molecule has 7 heteroatoms. The maximum Gasteiger partial charge on any atom is 0.254 e. The highest BCUT2D eigenvalue weighted by Crippen LogP contribution is 2.24. The molecule has 1 aliphatic heterocycles. The molecule has 3 heterocycles. The van der Waals surface area contributed by atoms with Crippen molar-refractivity contribution in [3.63, 3.8) is 0 Å². The highest BCUT2D eigenvalue weighted by Gasteiger charge is 2.21. The second kappa shape index (κ2) is 7.80. The van der Waals surface area contributed by atoms with Crippen LogP contribution in [0, 0.1) is 6.92 Å². The number of aromatic nitrogens is 3. The zero-order valence-electron chi connectivity index (χ0n) is 15.9. The van der Waals surface area contributed by atoms with Crippen LogP contribution in [0.15, 0.2) is 36.4 Å². The summed E-state index contributed by atoms with van der Waals surface area (Å²) in [6.07, 6.45) is 4.27. The second-order valence-electron chi connectivity index (χ2n) is 7.07. The number of hydrogen-bond acceptors (Lipinski definition) is 4. The molecular weight excluding hydrogens is 354 g/mol. The summed E-state index contributed by atoms with van der Waals surface area (Å²) in [4.78, 5) is 34.2. The topological polar surface area (TPSA) is 88.9 Å². The first-order valence-corrected chi connectivity index (χ1v) is 9.61. The minimum Gasteiger partial charge on any atom is -0.343 e. The van der Waals surface area contributed by atoms with Gasteiger partial charge in [-0.05, 0) is 38.0 Å². The smallest absolute Gasteiger partial charge is 0.254 e. The molecule has 2 aromatic heterocycles. The van der Waals surface area contributed by atoms with Crippen LogP contribution in [0.4, 0.5) is 5.69 Å². The molecule has 144 valence electrons. The van der Waals surface area contributed by atoms with E-state index in [4.69, 9.17) is 4.98 Å². The third-order valence-electron chi connectivity index (χ3n) is 4.90. The van der Waals surface area contributed by atoms with Crippen molar-refractivity contribution >= 4 is 28.7 Å². The lowest BCUT2D eigenvalue weighted by Gasteiger charge is -2.08. The van der Waals surface area contributed by atoms with Crippen molar-refractivity contribution in [1.29, 1.82) is 0 Å². The fourth-order valence-electron chi connectivity index (χ4n) is 3.57. The van der Waals surface area contributed by atoms with Gasteiger partial charge in [-0.25, -0.2) is 9.97 Å². The van der Waals surface area contributed by atoms with Gasteiger partial charge in [-0.1, -0.05) is 24.6 Å². The molecule has 7 nitrogen and oxygen atoms in total. The molecule has 4 rings (SSSR count). The Morgan fingerprint density at radius 1 is 1.11 bits per heavy atom. The lowest BCUT2D eigenvalue weighted by atomic mass is 10.2. The van der Waals surface area contributed by atoms with Crippen LogP contribution in [0.1, 0.15) is 41.1 Å². The molecule has 28 heavy (non-hydrogen) atoms. The predicted octanol–water partition coefficient (Wildman–Crippen LogP) is 2.83. The van der Waals surface area contributed by atoms with Crippen LogP contribution in [-0.2, 0) is 17.8 Å². The highest BCUT2D eigenvalue weighted by atomic mass is 16.2. The molecule has 0 spiro atoms. The van der Waals surface area contributed by atoms with Gasteiger partial charge in [0.05, 0.1) is 12.1 Å². The van der Waals surface area contributed by atoms with Gasteiger partial charge in [0.25, 0.3) is 5.91 Å². The largest absolute Gasteiger partial charge is 0.343 e. The molecule has 0 bridgehead atoms. The van der Waals surface area contributed by atoms with E-state index in [0.717, 1.165) is 43.0 Å². The van der Waals surface area contributed by atoms with Gasteiger partial charge in [-0.3, -0.25) is 9.59 Å². The number of fused-ring (bicyclic) bond motifs is 3. The predicted molar refractivity (Wildman–Crippen MR) is 107 cm³/mol. The van der Waals surface area contributed by atoms with E-state index in [1.54, 1.807) is 18.2 Å². The van der Waals surface area contributed by atoms with Crippen molar-refractivity contribution in [3.8, 4) is 0 Å². The van der Waals surface area contributed by atoms with Gasteiger partial charge in [-0.2, -0.15) is 0 Å². The summed E-state index contributed by atoms with van der Waals surface area (Å²) in [6, 6.07) is 10.9. The van der Waals surface area contributed by atoms with E-state index in [1.165, 1.54) is 6.42 Å². The normalized spacial score (nSPS) is 13.6. The molecule has 0 saturated heterocycles. The van der Waals surface area contributed by atoms with E-state index in [9.17, 15) is 9.59 Å². The second-order valence-corrected chi connectivity index (χ2v) is 7.07. The first-order chi connectivity index (χ1) is 13.6. The van der Waals surface area contributed by atoms with E-state index in [-0.39, 0.29) is 18.4 Å². The van der Waals surface area contributed by atoms with Crippen LogP contribution >= 0.6 is 0 Å². The van der Waals surface area contributed by atoms with Crippen molar-refractivity contribution in [2.24, 2.45) is 0 Å². The Bertz CT molecular complexity index is 1030. The Morgan fingerprint density at radius 3 is 2.75 bits per heavy atom. The fraction of sp³-hybridized carbons (Fsp3) is 0.333. The Balaban J connectivity index is 1.53. The van der Waals surface area contributed by atoms with Gasteiger partial charge in [0, 0.05) is 24.3 Å². The van der Waals surface area contributed by atoms with E-state index < -0.39 is 0 Å². The summed E-state index contributed by atoms with van der Waals surface area (Å²) in [5.41, 5.74) is 3.30. The number of benzene rings is 1. The molecular formula is C21H23N5O2. The number of carbonyl (C=O) groups is 2. The third kappa shape index (κ3) is 3.74. The summed E-state index contributed by atoms with van der Waals surface area (Å²) in [7, 11) is 0. The molecule has 1 aliphatic rings. The van der Waals surface area contributed by atoms with E-state index >= 15 is 0 Å². The molecule has 0 aliphatic carbocycles. The van der Waals surface area contributed by atoms with Crippen molar-refractivity contribution < 1.29 is 9.59 Å². The van der Waals surface area contributed by atoms with Crippen molar-refractivity contribution in [2.75, 3.05) is 11.9 Å². The molecule has 3 aromatic rings. The van der Waals surface area contributed by atoms with Crippen LogP contribution in [0.3, 0.4) is 0 Å². The average molecular weight is 377 g/mol. The van der Waals surface area contributed by atoms with Crippen LogP contribution in [0.2, 0.25) is 0 Å². The average Bonchev–Trinajstić information content (AvgIpc) is 2.87. The van der Waals surface area contributed by atoms with Crippen LogP contribution in [-0.4, -0.2) is 32.9 Å². The summed E-state index contributed by atoms with van der Waals surface area (Å²) >= 11 is 0. The Morgan fingerprint density at radius 2 is 1.93 bits per heavy atom. The Labute approximate surface area is 163 Å². The highest BCUT2D eigenvalue weighted by molar-refractivity contribution is 6.06. The number of nitrogens with one attached hydrogen (secondary N) is 2. The van der Waals surface area contributed by atoms with E-state index in [2.05, 4.69) is 20.2 Å². The number of nitrogens with zero attached hydrogens (tertiary/aromatic N) is 3. The zero-order chi connectivity index (χ0) is 19.5. The molecule has 2 N–H and O–H groups in total. The summed E-state index contributed by atoms with van der Waals surface area (Å²) in [5.74, 6) is 0.399. The van der Waals surface area contributed by atoms with Crippen molar-refractivity contribution in [3.05, 3.63) is 53.5 Å². The monoisotopic (exact) mass is 377 g/mol. The third-order valence-corrected chi connectivity index (χ3v) is 4.90. The first kappa shape index (κ1) is 18.2. The number of imidazole rings is 1. The zero-order valence-corrected chi connectivity index (χ0v) is 15.9. The number of anilines is 1. The van der Waals surface area contributed by atoms with Gasteiger partial charge in [0.2, 0.25) is 5.91 Å². The van der Waals surface area contributed by atoms with Crippen molar-refractivity contribution in [1.82, 2.24) is 19.9 Å². The number of hydrogen-bond donors (Lipinski definition) is 2. The van der Waals surface area contributed by atoms with Crippen LogP contribution in [0.25, 0.3) is 11.2 Å².